The van der Waals surface area contributed by atoms with Crippen LogP contribution in [-0.4, -0.2) is 23.0 Å². The molecule has 88 valence electrons. The van der Waals surface area contributed by atoms with Crippen molar-refractivity contribution in [2.24, 2.45) is 0 Å². The van der Waals surface area contributed by atoms with Crippen LogP contribution < -0.4 is 0 Å². The summed E-state index contributed by atoms with van der Waals surface area (Å²) < 4.78 is 4.69. The minimum Gasteiger partial charge on any atom is -0.465 e. The maximum Gasteiger partial charge on any atom is 0.337 e. The maximum atomic E-state index is 11.5. The Hall–Kier alpha value is -2.49. The van der Waals surface area contributed by atoms with E-state index in [-0.39, 0.29) is 5.97 Å². The van der Waals surface area contributed by atoms with Crippen LogP contribution in [0, 0.1) is 0 Å². The van der Waals surface area contributed by atoms with Crippen LogP contribution in [0.1, 0.15) is 10.4 Å². The Balaban J connectivity index is 2.31. The van der Waals surface area contributed by atoms with E-state index in [2.05, 4.69) is 9.97 Å². The summed E-state index contributed by atoms with van der Waals surface area (Å²) in [6.45, 7) is 0. The summed E-state index contributed by atoms with van der Waals surface area (Å²) in [6, 6.07) is 9.22. The number of carbonyl (C=O) groups is 1. The number of ether oxygens (including phenoxy) is 1. The van der Waals surface area contributed by atoms with Crippen molar-refractivity contribution in [1.82, 2.24) is 9.97 Å². The average molecular weight is 238 g/mol. The smallest absolute Gasteiger partial charge is 0.337 e. The van der Waals surface area contributed by atoms with E-state index in [4.69, 9.17) is 4.74 Å². The third-order valence-electron chi connectivity index (χ3n) is 2.87. The van der Waals surface area contributed by atoms with Crippen molar-refractivity contribution in [3.05, 3.63) is 48.3 Å². The highest BCUT2D eigenvalue weighted by molar-refractivity contribution is 6.05. The SMILES string of the molecule is COC(=O)c1ccc2c(c1)ncc1ncccc12. The van der Waals surface area contributed by atoms with Gasteiger partial charge in [0.15, 0.2) is 0 Å². The van der Waals surface area contributed by atoms with Gasteiger partial charge in [0.05, 0.1) is 29.9 Å². The Kier molecular flexibility index (Phi) is 2.41. The number of hydrogen-bond donors (Lipinski definition) is 0. The van der Waals surface area contributed by atoms with Gasteiger partial charge in [0.25, 0.3) is 0 Å². The highest BCUT2D eigenvalue weighted by Gasteiger charge is 2.08. The van der Waals surface area contributed by atoms with E-state index in [0.29, 0.717) is 5.56 Å². The number of benzene rings is 1. The van der Waals surface area contributed by atoms with Crippen LogP contribution in [0.3, 0.4) is 0 Å². The number of rotatable bonds is 1. The van der Waals surface area contributed by atoms with E-state index in [1.807, 2.05) is 18.2 Å². The summed E-state index contributed by atoms with van der Waals surface area (Å²) in [7, 11) is 1.37. The molecule has 18 heavy (non-hydrogen) atoms. The fourth-order valence-electron chi connectivity index (χ4n) is 1.99. The van der Waals surface area contributed by atoms with Gasteiger partial charge in [-0.05, 0) is 18.2 Å². The zero-order valence-corrected chi connectivity index (χ0v) is 9.75. The number of esters is 1. The third-order valence-corrected chi connectivity index (χ3v) is 2.87. The number of carbonyl (C=O) groups excluding carboxylic acids is 1. The molecule has 0 N–H and O–H groups in total. The second kappa shape index (κ2) is 4.07. The number of nitrogens with zero attached hydrogens (tertiary/aromatic N) is 2. The molecule has 0 radical (unpaired) electrons. The van der Waals surface area contributed by atoms with E-state index in [9.17, 15) is 4.79 Å². The van der Waals surface area contributed by atoms with Crippen LogP contribution >= 0.6 is 0 Å². The predicted octanol–water partition coefficient (Wildman–Crippen LogP) is 2.57. The Morgan fingerprint density at radius 1 is 1.11 bits per heavy atom. The van der Waals surface area contributed by atoms with Crippen LogP contribution in [0.15, 0.2) is 42.7 Å². The average Bonchev–Trinajstić information content (AvgIpc) is 2.45. The van der Waals surface area contributed by atoms with Crippen molar-refractivity contribution in [1.29, 1.82) is 0 Å². The molecule has 0 aliphatic heterocycles. The first-order valence-electron chi connectivity index (χ1n) is 5.51. The summed E-state index contributed by atoms with van der Waals surface area (Å²) in [5.74, 6) is -0.356. The molecule has 4 nitrogen and oxygen atoms in total. The highest BCUT2D eigenvalue weighted by atomic mass is 16.5. The van der Waals surface area contributed by atoms with Gasteiger partial charge in [-0.2, -0.15) is 0 Å². The van der Waals surface area contributed by atoms with Gasteiger partial charge in [-0.1, -0.05) is 12.1 Å². The van der Waals surface area contributed by atoms with Gasteiger partial charge in [0, 0.05) is 17.0 Å². The number of aromatic nitrogens is 2. The molecule has 3 rings (SSSR count). The maximum absolute atomic E-state index is 11.5. The summed E-state index contributed by atoms with van der Waals surface area (Å²) >= 11 is 0. The molecule has 0 spiro atoms. The van der Waals surface area contributed by atoms with Crippen molar-refractivity contribution in [2.45, 2.75) is 0 Å². The van der Waals surface area contributed by atoms with Gasteiger partial charge in [0.1, 0.15) is 0 Å². The Morgan fingerprint density at radius 2 is 1.94 bits per heavy atom. The minimum atomic E-state index is -0.356. The molecule has 0 amide bonds. The molecule has 1 aromatic carbocycles. The van der Waals surface area contributed by atoms with Crippen LogP contribution in [0.2, 0.25) is 0 Å². The van der Waals surface area contributed by atoms with Crippen LogP contribution in [0.4, 0.5) is 0 Å². The van der Waals surface area contributed by atoms with Crippen molar-refractivity contribution in [3.8, 4) is 0 Å². The summed E-state index contributed by atoms with van der Waals surface area (Å²) in [4.78, 5) is 20.0. The molecule has 0 unspecified atom stereocenters. The second-order valence-corrected chi connectivity index (χ2v) is 3.92. The number of hydrogen-bond acceptors (Lipinski definition) is 4. The van der Waals surface area contributed by atoms with Gasteiger partial charge >= 0.3 is 5.97 Å². The normalized spacial score (nSPS) is 10.7. The fraction of sp³-hybridized carbons (Fsp3) is 0.0714. The molecule has 0 atom stereocenters. The van der Waals surface area contributed by atoms with Gasteiger partial charge in [-0.15, -0.1) is 0 Å². The Morgan fingerprint density at radius 3 is 2.78 bits per heavy atom. The molecule has 0 aliphatic rings. The molecule has 0 aliphatic carbocycles. The lowest BCUT2D eigenvalue weighted by Crippen LogP contribution is -2.00. The predicted molar refractivity (Wildman–Crippen MR) is 68.4 cm³/mol. The third kappa shape index (κ3) is 1.59. The van der Waals surface area contributed by atoms with Gasteiger partial charge in [-0.25, -0.2) is 4.79 Å². The van der Waals surface area contributed by atoms with E-state index in [1.165, 1.54) is 7.11 Å². The molecule has 4 heteroatoms. The Bertz CT molecular complexity index is 753. The van der Waals surface area contributed by atoms with Crippen molar-refractivity contribution >= 4 is 27.8 Å². The first-order chi connectivity index (χ1) is 8.79. The van der Waals surface area contributed by atoms with Crippen molar-refractivity contribution < 1.29 is 9.53 Å². The zero-order valence-electron chi connectivity index (χ0n) is 9.75. The number of methoxy groups -OCH3 is 1. The standard InChI is InChI=1S/C14H10N2O2/c1-18-14(17)9-4-5-11-10-3-2-6-15-13(10)8-16-12(11)7-9/h2-8H,1H3. The monoisotopic (exact) mass is 238 g/mol. The van der Waals surface area contributed by atoms with Gasteiger partial charge in [0.2, 0.25) is 0 Å². The number of fused-ring (bicyclic) bond motifs is 3. The van der Waals surface area contributed by atoms with E-state index < -0.39 is 0 Å². The lowest BCUT2D eigenvalue weighted by molar-refractivity contribution is 0.0601. The first-order valence-corrected chi connectivity index (χ1v) is 5.51. The molecular weight excluding hydrogens is 228 g/mol. The quantitative estimate of drug-likeness (QED) is 0.483. The van der Waals surface area contributed by atoms with E-state index in [0.717, 1.165) is 21.8 Å². The Labute approximate surface area is 103 Å². The molecule has 0 bridgehead atoms. The van der Waals surface area contributed by atoms with Crippen molar-refractivity contribution in [2.75, 3.05) is 7.11 Å². The molecule has 2 heterocycles. The van der Waals surface area contributed by atoms with Crippen LogP contribution in [0.25, 0.3) is 21.8 Å². The van der Waals surface area contributed by atoms with Crippen LogP contribution in [-0.2, 0) is 4.74 Å². The molecule has 0 saturated heterocycles. The number of pyridine rings is 2. The van der Waals surface area contributed by atoms with E-state index >= 15 is 0 Å². The summed E-state index contributed by atoms with van der Waals surface area (Å²) in [6.07, 6.45) is 3.44. The van der Waals surface area contributed by atoms with Crippen molar-refractivity contribution in [3.63, 3.8) is 0 Å². The summed E-state index contributed by atoms with van der Waals surface area (Å²) in [5, 5.41) is 2.01. The topological polar surface area (TPSA) is 52.1 Å². The van der Waals surface area contributed by atoms with E-state index in [1.54, 1.807) is 24.5 Å². The molecular formula is C14H10N2O2. The molecule has 0 fully saturated rings. The highest BCUT2D eigenvalue weighted by Crippen LogP contribution is 2.22. The summed E-state index contributed by atoms with van der Waals surface area (Å²) in [5.41, 5.74) is 2.11. The first kappa shape index (κ1) is 10.7. The molecule has 2 aromatic heterocycles. The zero-order chi connectivity index (χ0) is 12.5. The largest absolute Gasteiger partial charge is 0.465 e. The minimum absolute atomic E-state index is 0.356. The van der Waals surface area contributed by atoms with Gasteiger partial charge < -0.3 is 4.74 Å². The van der Waals surface area contributed by atoms with Gasteiger partial charge in [-0.3, -0.25) is 9.97 Å². The lowest BCUT2D eigenvalue weighted by Gasteiger charge is -2.04. The molecule has 3 aromatic rings. The fourth-order valence-corrected chi connectivity index (χ4v) is 1.99. The van der Waals surface area contributed by atoms with Crippen LogP contribution in [0.5, 0.6) is 0 Å². The lowest BCUT2D eigenvalue weighted by atomic mass is 10.1. The molecule has 0 saturated carbocycles. The second-order valence-electron chi connectivity index (χ2n) is 3.92.